The molecule has 7 heteroatoms. The monoisotopic (exact) mass is 470 g/mol. The second-order valence-electron chi connectivity index (χ2n) is 11.1. The van der Waals surface area contributed by atoms with E-state index in [9.17, 15) is 0 Å². The SMILES string of the molecule is CC1(C)C[C@H]2C[C@@](C)(CN2C(=S)Nc2ccc3nc(-c4ccc[nH]4)c(-c4ccc[nH]4)nc3c2)C1. The molecule has 0 unspecified atom stereocenters. The summed E-state index contributed by atoms with van der Waals surface area (Å²) in [5.41, 5.74) is 6.87. The van der Waals surface area contributed by atoms with Crippen LogP contribution in [0.5, 0.6) is 0 Å². The number of nitrogens with zero attached hydrogens (tertiary/aromatic N) is 3. The van der Waals surface area contributed by atoms with E-state index in [1.807, 2.05) is 54.9 Å². The van der Waals surface area contributed by atoms with Gasteiger partial charge < -0.3 is 20.2 Å². The maximum Gasteiger partial charge on any atom is 0.173 e. The Hall–Kier alpha value is -3.19. The molecule has 4 aromatic rings. The predicted octanol–water partition coefficient (Wildman–Crippen LogP) is 6.22. The Labute approximate surface area is 205 Å². The largest absolute Gasteiger partial charge is 0.360 e. The molecular weight excluding hydrogens is 440 g/mol. The zero-order valence-electron chi connectivity index (χ0n) is 19.9. The van der Waals surface area contributed by atoms with Crippen LogP contribution in [0.2, 0.25) is 0 Å². The van der Waals surface area contributed by atoms with Crippen molar-refractivity contribution in [3.8, 4) is 22.8 Å². The first-order chi connectivity index (χ1) is 16.3. The molecule has 1 aromatic carbocycles. The Bertz CT molecular complexity index is 1360. The molecule has 4 heterocycles. The van der Waals surface area contributed by atoms with Gasteiger partial charge in [0, 0.05) is 30.7 Å². The Kier molecular flexibility index (Phi) is 4.81. The number of nitrogens with one attached hydrogen (secondary N) is 3. The van der Waals surface area contributed by atoms with Crippen LogP contribution in [0.3, 0.4) is 0 Å². The summed E-state index contributed by atoms with van der Waals surface area (Å²) in [4.78, 5) is 18.9. The molecule has 2 bridgehead atoms. The van der Waals surface area contributed by atoms with Crippen molar-refractivity contribution in [3.63, 3.8) is 0 Å². The molecule has 0 amide bonds. The summed E-state index contributed by atoms with van der Waals surface area (Å²) in [6, 6.07) is 14.6. The number of anilines is 1. The molecule has 1 saturated heterocycles. The fourth-order valence-electron chi connectivity index (χ4n) is 6.36. The van der Waals surface area contributed by atoms with Gasteiger partial charge in [-0.1, -0.05) is 20.8 Å². The van der Waals surface area contributed by atoms with Crippen molar-refractivity contribution in [2.75, 3.05) is 11.9 Å². The number of fused-ring (bicyclic) bond motifs is 3. The van der Waals surface area contributed by atoms with Crippen molar-refractivity contribution in [1.82, 2.24) is 24.8 Å². The number of thiocarbonyl (C=S) groups is 1. The van der Waals surface area contributed by atoms with E-state index in [0.717, 1.165) is 51.2 Å². The van der Waals surface area contributed by atoms with Crippen LogP contribution in [0.15, 0.2) is 54.9 Å². The number of hydrogen-bond donors (Lipinski definition) is 3. The van der Waals surface area contributed by atoms with Gasteiger partial charge in [-0.2, -0.15) is 0 Å². The number of aromatic nitrogens is 4. The molecule has 1 aliphatic heterocycles. The third-order valence-electron chi connectivity index (χ3n) is 7.30. The van der Waals surface area contributed by atoms with Gasteiger partial charge in [0.15, 0.2) is 5.11 Å². The topological polar surface area (TPSA) is 72.6 Å². The van der Waals surface area contributed by atoms with Gasteiger partial charge in [0.2, 0.25) is 0 Å². The van der Waals surface area contributed by atoms with Crippen molar-refractivity contribution in [2.45, 2.75) is 46.1 Å². The second-order valence-corrected chi connectivity index (χ2v) is 11.5. The highest BCUT2D eigenvalue weighted by Crippen LogP contribution is 2.52. The van der Waals surface area contributed by atoms with Gasteiger partial charge in [0.1, 0.15) is 11.4 Å². The summed E-state index contributed by atoms with van der Waals surface area (Å²) < 4.78 is 0. The lowest BCUT2D eigenvalue weighted by Gasteiger charge is -2.39. The van der Waals surface area contributed by atoms with Gasteiger partial charge in [0.25, 0.3) is 0 Å². The minimum absolute atomic E-state index is 0.339. The van der Waals surface area contributed by atoms with Crippen LogP contribution in [0.1, 0.15) is 40.0 Å². The van der Waals surface area contributed by atoms with E-state index in [0.29, 0.717) is 16.9 Å². The normalized spacial score (nSPS) is 23.4. The number of rotatable bonds is 3. The van der Waals surface area contributed by atoms with Gasteiger partial charge in [-0.25, -0.2) is 9.97 Å². The minimum Gasteiger partial charge on any atom is -0.360 e. The van der Waals surface area contributed by atoms with Gasteiger partial charge in [-0.3, -0.25) is 0 Å². The third-order valence-corrected chi connectivity index (χ3v) is 7.63. The van der Waals surface area contributed by atoms with E-state index < -0.39 is 0 Å². The first-order valence-corrected chi connectivity index (χ1v) is 12.4. The summed E-state index contributed by atoms with van der Waals surface area (Å²) in [7, 11) is 0. The Morgan fingerprint density at radius 2 is 1.65 bits per heavy atom. The van der Waals surface area contributed by atoms with Gasteiger partial charge in [-0.15, -0.1) is 0 Å². The second kappa shape index (κ2) is 7.67. The van der Waals surface area contributed by atoms with Crippen molar-refractivity contribution in [2.24, 2.45) is 10.8 Å². The molecule has 1 aliphatic carbocycles. The van der Waals surface area contributed by atoms with E-state index in [-0.39, 0.29) is 0 Å². The molecular formula is C27H30N6S. The smallest absolute Gasteiger partial charge is 0.173 e. The highest BCUT2D eigenvalue weighted by molar-refractivity contribution is 7.80. The lowest BCUT2D eigenvalue weighted by atomic mass is 9.65. The fourth-order valence-corrected chi connectivity index (χ4v) is 6.69. The van der Waals surface area contributed by atoms with Crippen molar-refractivity contribution in [1.29, 1.82) is 0 Å². The highest BCUT2D eigenvalue weighted by Gasteiger charge is 2.50. The molecule has 2 aliphatic rings. The Balaban J connectivity index is 1.32. The molecule has 3 aromatic heterocycles. The van der Waals surface area contributed by atoms with Crippen molar-refractivity contribution in [3.05, 3.63) is 54.9 Å². The molecule has 174 valence electrons. The quantitative estimate of drug-likeness (QED) is 0.310. The third kappa shape index (κ3) is 3.78. The van der Waals surface area contributed by atoms with E-state index >= 15 is 0 Å². The summed E-state index contributed by atoms with van der Waals surface area (Å²) in [6.45, 7) is 8.22. The van der Waals surface area contributed by atoms with E-state index in [1.54, 1.807) is 0 Å². The van der Waals surface area contributed by atoms with Gasteiger partial charge >= 0.3 is 0 Å². The highest BCUT2D eigenvalue weighted by atomic mass is 32.1. The number of benzene rings is 1. The molecule has 6 rings (SSSR count). The van der Waals surface area contributed by atoms with Crippen LogP contribution in [0.25, 0.3) is 33.8 Å². The summed E-state index contributed by atoms with van der Waals surface area (Å²) in [5.74, 6) is 0. The van der Waals surface area contributed by atoms with Crippen molar-refractivity contribution < 1.29 is 0 Å². The number of hydrogen-bond acceptors (Lipinski definition) is 3. The zero-order chi connectivity index (χ0) is 23.5. The molecule has 3 N–H and O–H groups in total. The predicted molar refractivity (Wildman–Crippen MR) is 142 cm³/mol. The first kappa shape index (κ1) is 21.4. The number of aromatic amines is 2. The Morgan fingerprint density at radius 3 is 2.29 bits per heavy atom. The van der Waals surface area contributed by atoms with Gasteiger partial charge in [0.05, 0.1) is 22.4 Å². The lowest BCUT2D eigenvalue weighted by Crippen LogP contribution is -2.39. The maximum atomic E-state index is 5.90. The van der Waals surface area contributed by atoms with E-state index in [1.165, 1.54) is 19.3 Å². The molecule has 0 spiro atoms. The van der Waals surface area contributed by atoms with Crippen LogP contribution in [0.4, 0.5) is 5.69 Å². The van der Waals surface area contributed by atoms with Crippen LogP contribution in [0, 0.1) is 10.8 Å². The van der Waals surface area contributed by atoms with E-state index in [2.05, 4.69) is 41.0 Å². The standard InChI is InChI=1S/C27H30N6S/c1-26(2)13-18-14-27(3,15-26)16-33(18)25(34)30-17-8-9-19-22(12-17)32-24(21-7-5-11-29-21)23(31-19)20-6-4-10-28-20/h4-12,18,28-29H,13-16H2,1-3H3,(H,30,34)/t18-,27+/m0/s1. The number of H-pyrrole nitrogens is 2. The van der Waals surface area contributed by atoms with Crippen LogP contribution < -0.4 is 5.32 Å². The summed E-state index contributed by atoms with van der Waals surface area (Å²) in [5, 5.41) is 4.32. The lowest BCUT2D eigenvalue weighted by molar-refractivity contribution is 0.132. The van der Waals surface area contributed by atoms with Crippen LogP contribution >= 0.6 is 12.2 Å². The molecule has 1 saturated carbocycles. The number of likely N-dealkylation sites (tertiary alicyclic amines) is 1. The molecule has 34 heavy (non-hydrogen) atoms. The first-order valence-electron chi connectivity index (χ1n) is 12.0. The minimum atomic E-state index is 0.339. The summed E-state index contributed by atoms with van der Waals surface area (Å²) in [6.07, 6.45) is 7.48. The fraction of sp³-hybridized carbons (Fsp3) is 0.370. The average molecular weight is 471 g/mol. The van der Waals surface area contributed by atoms with Crippen molar-refractivity contribution >= 4 is 34.1 Å². The van der Waals surface area contributed by atoms with Gasteiger partial charge in [-0.05, 0) is 84.8 Å². The van der Waals surface area contributed by atoms with Crippen LogP contribution in [-0.2, 0) is 0 Å². The molecule has 0 radical (unpaired) electrons. The van der Waals surface area contributed by atoms with E-state index in [4.69, 9.17) is 22.2 Å². The molecule has 2 fully saturated rings. The average Bonchev–Trinajstić information content (AvgIpc) is 3.53. The molecule has 6 nitrogen and oxygen atoms in total. The maximum absolute atomic E-state index is 5.90. The molecule has 2 atom stereocenters. The Morgan fingerprint density at radius 1 is 0.971 bits per heavy atom. The van der Waals surface area contributed by atoms with Crippen LogP contribution in [-0.4, -0.2) is 42.5 Å². The summed E-state index contributed by atoms with van der Waals surface area (Å²) >= 11 is 5.90. The zero-order valence-corrected chi connectivity index (χ0v) is 20.7.